The van der Waals surface area contributed by atoms with Crippen LogP contribution in [-0.2, 0) is 11.3 Å². The van der Waals surface area contributed by atoms with Gasteiger partial charge in [0.25, 0.3) is 0 Å². The molecular formula is C16H17NO3. The first kappa shape index (κ1) is 12.8. The fourth-order valence-corrected chi connectivity index (χ4v) is 2.56. The maximum atomic E-state index is 12.2. The number of rotatable bonds is 3. The second-order valence-corrected chi connectivity index (χ2v) is 4.91. The Balaban J connectivity index is 1.62. The maximum Gasteiger partial charge on any atom is 0.410 e. The van der Waals surface area contributed by atoms with Gasteiger partial charge in [0.2, 0.25) is 0 Å². The van der Waals surface area contributed by atoms with E-state index in [1.807, 2.05) is 42.5 Å². The number of furan rings is 1. The van der Waals surface area contributed by atoms with E-state index in [2.05, 4.69) is 0 Å². The van der Waals surface area contributed by atoms with Gasteiger partial charge in [-0.3, -0.25) is 4.90 Å². The van der Waals surface area contributed by atoms with Gasteiger partial charge in [-0.15, -0.1) is 0 Å². The molecule has 2 aromatic rings. The third kappa shape index (κ3) is 2.69. The molecule has 0 N–H and O–H groups in total. The standard InChI is InChI=1S/C16H17NO3/c18-16(20-12-13-6-2-1-3-7-13)17-10-4-8-14(17)15-9-5-11-19-15/h1-3,5-7,9,11,14H,4,8,10,12H2/t14-/m1/s1. The number of hydrogen-bond acceptors (Lipinski definition) is 3. The summed E-state index contributed by atoms with van der Waals surface area (Å²) < 4.78 is 10.8. The van der Waals surface area contributed by atoms with Crippen molar-refractivity contribution in [2.24, 2.45) is 0 Å². The van der Waals surface area contributed by atoms with Gasteiger partial charge in [-0.1, -0.05) is 30.3 Å². The van der Waals surface area contributed by atoms with E-state index in [9.17, 15) is 4.79 Å². The Morgan fingerprint density at radius 3 is 2.85 bits per heavy atom. The van der Waals surface area contributed by atoms with Crippen molar-refractivity contribution in [2.75, 3.05) is 6.54 Å². The number of carbonyl (C=O) groups is 1. The van der Waals surface area contributed by atoms with E-state index >= 15 is 0 Å². The maximum absolute atomic E-state index is 12.2. The topological polar surface area (TPSA) is 42.7 Å². The van der Waals surface area contributed by atoms with Gasteiger partial charge in [0.1, 0.15) is 12.4 Å². The Kier molecular flexibility index (Phi) is 3.72. The van der Waals surface area contributed by atoms with Crippen LogP contribution >= 0.6 is 0 Å². The van der Waals surface area contributed by atoms with Crippen molar-refractivity contribution in [3.05, 3.63) is 60.1 Å². The third-order valence-corrected chi connectivity index (χ3v) is 3.56. The summed E-state index contributed by atoms with van der Waals surface area (Å²) in [5.41, 5.74) is 0.995. The van der Waals surface area contributed by atoms with Crippen molar-refractivity contribution in [2.45, 2.75) is 25.5 Å². The monoisotopic (exact) mass is 271 g/mol. The molecule has 1 amide bonds. The van der Waals surface area contributed by atoms with Crippen molar-refractivity contribution in [1.29, 1.82) is 0 Å². The van der Waals surface area contributed by atoms with Gasteiger partial charge in [0.15, 0.2) is 0 Å². The first-order valence-electron chi connectivity index (χ1n) is 6.85. The van der Waals surface area contributed by atoms with Crippen LogP contribution in [0.5, 0.6) is 0 Å². The average molecular weight is 271 g/mol. The Bertz CT molecular complexity index is 550. The highest BCUT2D eigenvalue weighted by Crippen LogP contribution is 2.32. The van der Waals surface area contributed by atoms with Gasteiger partial charge >= 0.3 is 6.09 Å². The summed E-state index contributed by atoms with van der Waals surface area (Å²) in [5.74, 6) is 0.833. The molecule has 0 spiro atoms. The second-order valence-electron chi connectivity index (χ2n) is 4.91. The van der Waals surface area contributed by atoms with Crippen LogP contribution < -0.4 is 0 Å². The third-order valence-electron chi connectivity index (χ3n) is 3.56. The quantitative estimate of drug-likeness (QED) is 0.853. The SMILES string of the molecule is O=C(OCc1ccccc1)N1CCC[C@@H]1c1ccco1. The van der Waals surface area contributed by atoms with Crippen LogP contribution in [0.1, 0.15) is 30.2 Å². The van der Waals surface area contributed by atoms with Crippen molar-refractivity contribution >= 4 is 6.09 Å². The molecule has 20 heavy (non-hydrogen) atoms. The molecule has 1 saturated heterocycles. The number of hydrogen-bond donors (Lipinski definition) is 0. The van der Waals surface area contributed by atoms with Crippen LogP contribution in [0.15, 0.2) is 53.1 Å². The zero-order valence-corrected chi connectivity index (χ0v) is 11.2. The van der Waals surface area contributed by atoms with E-state index in [0.717, 1.165) is 30.7 Å². The molecule has 104 valence electrons. The highest BCUT2D eigenvalue weighted by molar-refractivity contribution is 5.68. The fourth-order valence-electron chi connectivity index (χ4n) is 2.56. The molecule has 1 aliphatic rings. The van der Waals surface area contributed by atoms with Crippen molar-refractivity contribution in [3.63, 3.8) is 0 Å². The van der Waals surface area contributed by atoms with Gasteiger partial charge in [0.05, 0.1) is 12.3 Å². The molecule has 1 atom stereocenters. The molecule has 2 heterocycles. The van der Waals surface area contributed by atoms with E-state index < -0.39 is 0 Å². The molecule has 0 aliphatic carbocycles. The molecule has 0 radical (unpaired) electrons. The summed E-state index contributed by atoms with van der Waals surface area (Å²) in [5, 5.41) is 0. The van der Waals surface area contributed by atoms with Gasteiger partial charge in [-0.2, -0.15) is 0 Å². The Morgan fingerprint density at radius 2 is 2.10 bits per heavy atom. The van der Waals surface area contributed by atoms with Crippen LogP contribution in [0.3, 0.4) is 0 Å². The average Bonchev–Trinajstić information content (AvgIpc) is 3.15. The number of ether oxygens (including phenoxy) is 1. The zero-order chi connectivity index (χ0) is 13.8. The Labute approximate surface area is 118 Å². The fraction of sp³-hybridized carbons (Fsp3) is 0.312. The lowest BCUT2D eigenvalue weighted by molar-refractivity contribution is 0.0887. The van der Waals surface area contributed by atoms with Gasteiger partial charge in [0, 0.05) is 6.54 Å². The van der Waals surface area contributed by atoms with E-state index in [0.29, 0.717) is 6.61 Å². The predicted molar refractivity (Wildman–Crippen MR) is 74.0 cm³/mol. The highest BCUT2D eigenvalue weighted by Gasteiger charge is 2.32. The highest BCUT2D eigenvalue weighted by atomic mass is 16.6. The van der Waals surface area contributed by atoms with E-state index in [4.69, 9.17) is 9.15 Å². The first-order chi connectivity index (χ1) is 9.84. The minimum atomic E-state index is -0.271. The number of nitrogens with zero attached hydrogens (tertiary/aromatic N) is 1. The van der Waals surface area contributed by atoms with Gasteiger partial charge in [-0.25, -0.2) is 4.79 Å². The zero-order valence-electron chi connectivity index (χ0n) is 11.2. The van der Waals surface area contributed by atoms with Crippen LogP contribution in [-0.4, -0.2) is 17.5 Å². The smallest absolute Gasteiger partial charge is 0.410 e. The largest absolute Gasteiger partial charge is 0.467 e. The number of carbonyl (C=O) groups excluding carboxylic acids is 1. The molecule has 4 heteroatoms. The number of likely N-dealkylation sites (tertiary alicyclic amines) is 1. The molecule has 4 nitrogen and oxygen atoms in total. The molecular weight excluding hydrogens is 254 g/mol. The molecule has 0 saturated carbocycles. The normalized spacial score (nSPS) is 18.2. The summed E-state index contributed by atoms with van der Waals surface area (Å²) >= 11 is 0. The Hall–Kier alpha value is -2.23. The summed E-state index contributed by atoms with van der Waals surface area (Å²) in [7, 11) is 0. The van der Waals surface area contributed by atoms with E-state index in [1.165, 1.54) is 0 Å². The van der Waals surface area contributed by atoms with E-state index in [-0.39, 0.29) is 12.1 Å². The summed E-state index contributed by atoms with van der Waals surface area (Å²) in [4.78, 5) is 13.9. The molecule has 1 fully saturated rings. The van der Waals surface area contributed by atoms with Crippen molar-refractivity contribution in [3.8, 4) is 0 Å². The van der Waals surface area contributed by atoms with Crippen molar-refractivity contribution < 1.29 is 13.9 Å². The van der Waals surface area contributed by atoms with Crippen molar-refractivity contribution in [1.82, 2.24) is 4.90 Å². The molecule has 0 unspecified atom stereocenters. The van der Waals surface area contributed by atoms with Crippen LogP contribution in [0.4, 0.5) is 4.79 Å². The van der Waals surface area contributed by atoms with Crippen LogP contribution in [0.2, 0.25) is 0 Å². The van der Waals surface area contributed by atoms with Gasteiger partial charge in [-0.05, 0) is 30.5 Å². The minimum Gasteiger partial charge on any atom is -0.467 e. The van der Waals surface area contributed by atoms with Crippen LogP contribution in [0.25, 0.3) is 0 Å². The second kappa shape index (κ2) is 5.82. The summed E-state index contributed by atoms with van der Waals surface area (Å²) in [6.45, 7) is 1.03. The van der Waals surface area contributed by atoms with E-state index in [1.54, 1.807) is 11.2 Å². The number of amides is 1. The Morgan fingerprint density at radius 1 is 1.25 bits per heavy atom. The lowest BCUT2D eigenvalue weighted by Crippen LogP contribution is -2.30. The lowest BCUT2D eigenvalue weighted by Gasteiger charge is -2.22. The van der Waals surface area contributed by atoms with Gasteiger partial charge < -0.3 is 9.15 Å². The summed E-state index contributed by atoms with van der Waals surface area (Å²) in [6, 6.07) is 13.5. The predicted octanol–water partition coefficient (Wildman–Crippen LogP) is 3.75. The molecule has 1 aromatic carbocycles. The first-order valence-corrected chi connectivity index (χ1v) is 6.85. The summed E-state index contributed by atoms with van der Waals surface area (Å²) in [6.07, 6.45) is 3.27. The molecule has 1 aromatic heterocycles. The molecule has 0 bridgehead atoms. The number of benzene rings is 1. The van der Waals surface area contributed by atoms with Crippen LogP contribution in [0, 0.1) is 0 Å². The minimum absolute atomic E-state index is 0.00766. The molecule has 3 rings (SSSR count). The molecule has 1 aliphatic heterocycles. The lowest BCUT2D eigenvalue weighted by atomic mass is 10.2.